The van der Waals surface area contributed by atoms with E-state index in [2.05, 4.69) is 62.6 Å². The topological polar surface area (TPSA) is 56.7 Å². The highest BCUT2D eigenvalue weighted by molar-refractivity contribution is 14.0. The number of aliphatic hydroxyl groups is 1. The minimum Gasteiger partial charge on any atom is -0.393 e. The van der Waals surface area contributed by atoms with E-state index in [1.165, 1.54) is 11.1 Å². The van der Waals surface area contributed by atoms with Gasteiger partial charge in [0.25, 0.3) is 0 Å². The lowest BCUT2D eigenvalue weighted by molar-refractivity contribution is 0.120. The maximum Gasteiger partial charge on any atom is 0.191 e. The van der Waals surface area contributed by atoms with E-state index in [-0.39, 0.29) is 35.5 Å². The van der Waals surface area contributed by atoms with Gasteiger partial charge in [0.15, 0.2) is 5.96 Å². The van der Waals surface area contributed by atoms with Gasteiger partial charge in [-0.05, 0) is 55.6 Å². The van der Waals surface area contributed by atoms with Crippen molar-refractivity contribution in [2.24, 2.45) is 4.99 Å². The number of aliphatic imine (C=N–C) groups is 1. The average Bonchev–Trinajstić information content (AvgIpc) is 2.57. The largest absolute Gasteiger partial charge is 0.393 e. The number of hydrogen-bond donors (Lipinski definition) is 3. The fraction of sp³-hybridized carbons (Fsp3) is 0.667. The Hall–Kier alpha value is -0.820. The zero-order chi connectivity index (χ0) is 18.3. The van der Waals surface area contributed by atoms with Crippen LogP contribution in [-0.2, 0) is 11.8 Å². The van der Waals surface area contributed by atoms with E-state index in [0.29, 0.717) is 6.04 Å². The van der Waals surface area contributed by atoms with Crippen LogP contribution < -0.4 is 10.6 Å². The van der Waals surface area contributed by atoms with Crippen LogP contribution in [0.15, 0.2) is 29.3 Å². The molecule has 1 aliphatic rings. The van der Waals surface area contributed by atoms with Crippen LogP contribution in [-0.4, -0.2) is 36.3 Å². The molecule has 0 heterocycles. The van der Waals surface area contributed by atoms with Crippen molar-refractivity contribution in [3.05, 3.63) is 35.4 Å². The van der Waals surface area contributed by atoms with E-state index < -0.39 is 0 Å². The van der Waals surface area contributed by atoms with E-state index in [0.717, 1.165) is 51.2 Å². The minimum absolute atomic E-state index is 0. The molecule has 148 valence electrons. The lowest BCUT2D eigenvalue weighted by Gasteiger charge is -2.27. The molecule has 1 aromatic rings. The number of aliphatic hydroxyl groups excluding tert-OH is 1. The number of nitrogens with one attached hydrogen (secondary N) is 2. The third-order valence-electron chi connectivity index (χ3n) is 4.87. The molecule has 4 nitrogen and oxygen atoms in total. The van der Waals surface area contributed by atoms with Crippen molar-refractivity contribution in [3.63, 3.8) is 0 Å². The molecule has 0 unspecified atom stereocenters. The fourth-order valence-electron chi connectivity index (χ4n) is 3.20. The summed E-state index contributed by atoms with van der Waals surface area (Å²) in [6, 6.07) is 9.33. The second-order valence-electron chi connectivity index (χ2n) is 8.11. The van der Waals surface area contributed by atoms with Crippen LogP contribution in [0.25, 0.3) is 0 Å². The average molecular weight is 473 g/mol. The Labute approximate surface area is 176 Å². The number of rotatable bonds is 5. The minimum atomic E-state index is -0.117. The van der Waals surface area contributed by atoms with Crippen molar-refractivity contribution < 1.29 is 5.11 Å². The lowest BCUT2D eigenvalue weighted by Crippen LogP contribution is -2.45. The van der Waals surface area contributed by atoms with E-state index in [1.807, 2.05) is 0 Å². The maximum atomic E-state index is 9.63. The standard InChI is InChI=1S/C21H35N3O.HI/c1-5-22-20(24-18-10-12-19(25)13-11-18)23-15-14-16-6-8-17(9-7-16)21(2,3)4;/h6-9,18-19,25H,5,10-15H2,1-4H3,(H2,22,23,24);1H. The van der Waals surface area contributed by atoms with Crippen molar-refractivity contribution in [2.45, 2.75) is 77.4 Å². The molecule has 0 amide bonds. The summed E-state index contributed by atoms with van der Waals surface area (Å²) in [5.41, 5.74) is 2.90. The molecule has 26 heavy (non-hydrogen) atoms. The summed E-state index contributed by atoms with van der Waals surface area (Å²) in [6.45, 7) is 10.5. The number of halogens is 1. The zero-order valence-electron chi connectivity index (χ0n) is 16.7. The third kappa shape index (κ3) is 7.82. The Morgan fingerprint density at radius 3 is 2.27 bits per heavy atom. The van der Waals surface area contributed by atoms with E-state index in [4.69, 9.17) is 4.99 Å². The molecule has 1 aromatic carbocycles. The molecular formula is C21H36IN3O. The van der Waals surface area contributed by atoms with Gasteiger partial charge < -0.3 is 15.7 Å². The molecule has 0 aliphatic heterocycles. The number of hydrogen-bond acceptors (Lipinski definition) is 2. The second kappa shape index (κ2) is 11.1. The van der Waals surface area contributed by atoms with Crippen LogP contribution in [0.1, 0.15) is 64.5 Å². The molecule has 0 atom stereocenters. The summed E-state index contributed by atoms with van der Waals surface area (Å²) in [6.07, 6.45) is 4.63. The van der Waals surface area contributed by atoms with Gasteiger partial charge in [-0.15, -0.1) is 24.0 Å². The quantitative estimate of drug-likeness (QED) is 0.344. The molecule has 3 N–H and O–H groups in total. The van der Waals surface area contributed by atoms with Gasteiger partial charge in [0.05, 0.1) is 6.10 Å². The molecule has 0 bridgehead atoms. The van der Waals surface area contributed by atoms with Gasteiger partial charge in [0, 0.05) is 19.1 Å². The Morgan fingerprint density at radius 1 is 1.12 bits per heavy atom. The molecule has 0 saturated heterocycles. The first kappa shape index (κ1) is 23.2. The predicted octanol–water partition coefficient (Wildman–Crippen LogP) is 4.00. The highest BCUT2D eigenvalue weighted by atomic mass is 127. The smallest absolute Gasteiger partial charge is 0.191 e. The van der Waals surface area contributed by atoms with Crippen LogP contribution in [0, 0.1) is 0 Å². The zero-order valence-corrected chi connectivity index (χ0v) is 19.0. The van der Waals surface area contributed by atoms with Crippen molar-refractivity contribution in [2.75, 3.05) is 13.1 Å². The van der Waals surface area contributed by atoms with Crippen molar-refractivity contribution in [1.29, 1.82) is 0 Å². The van der Waals surface area contributed by atoms with Crippen LogP contribution in [0.4, 0.5) is 0 Å². The molecule has 1 fully saturated rings. The first-order chi connectivity index (χ1) is 11.9. The highest BCUT2D eigenvalue weighted by Crippen LogP contribution is 2.22. The van der Waals surface area contributed by atoms with Crippen molar-refractivity contribution in [1.82, 2.24) is 10.6 Å². The molecule has 2 rings (SSSR count). The molecule has 0 aromatic heterocycles. The van der Waals surface area contributed by atoms with E-state index >= 15 is 0 Å². The SMILES string of the molecule is CCNC(=NCCc1ccc(C(C)(C)C)cc1)NC1CCC(O)CC1.I. The Balaban J connectivity index is 0.00000338. The normalized spacial score (nSPS) is 21.0. The first-order valence-electron chi connectivity index (χ1n) is 9.71. The van der Waals surface area contributed by atoms with Gasteiger partial charge in [-0.3, -0.25) is 4.99 Å². The van der Waals surface area contributed by atoms with Crippen LogP contribution in [0.3, 0.4) is 0 Å². The monoisotopic (exact) mass is 473 g/mol. The first-order valence-corrected chi connectivity index (χ1v) is 9.71. The van der Waals surface area contributed by atoms with E-state index in [9.17, 15) is 5.11 Å². The number of benzene rings is 1. The third-order valence-corrected chi connectivity index (χ3v) is 4.87. The molecule has 5 heteroatoms. The maximum absolute atomic E-state index is 9.63. The van der Waals surface area contributed by atoms with Gasteiger partial charge >= 0.3 is 0 Å². The van der Waals surface area contributed by atoms with Gasteiger partial charge in [-0.25, -0.2) is 0 Å². The Morgan fingerprint density at radius 2 is 1.73 bits per heavy atom. The van der Waals surface area contributed by atoms with Gasteiger partial charge in [-0.1, -0.05) is 45.0 Å². The lowest BCUT2D eigenvalue weighted by atomic mass is 9.86. The van der Waals surface area contributed by atoms with Gasteiger partial charge in [0.1, 0.15) is 0 Å². The van der Waals surface area contributed by atoms with Crippen LogP contribution >= 0.6 is 24.0 Å². The summed E-state index contributed by atoms with van der Waals surface area (Å²) in [5, 5.41) is 16.5. The molecule has 0 radical (unpaired) electrons. The summed E-state index contributed by atoms with van der Waals surface area (Å²) < 4.78 is 0. The van der Waals surface area contributed by atoms with Gasteiger partial charge in [-0.2, -0.15) is 0 Å². The van der Waals surface area contributed by atoms with Crippen molar-refractivity contribution >= 4 is 29.9 Å². The molecule has 1 saturated carbocycles. The second-order valence-corrected chi connectivity index (χ2v) is 8.11. The molecule has 0 spiro atoms. The number of nitrogens with zero attached hydrogens (tertiary/aromatic N) is 1. The summed E-state index contributed by atoms with van der Waals surface area (Å²) in [7, 11) is 0. The van der Waals surface area contributed by atoms with Gasteiger partial charge in [0.2, 0.25) is 0 Å². The van der Waals surface area contributed by atoms with Crippen molar-refractivity contribution in [3.8, 4) is 0 Å². The molecular weight excluding hydrogens is 437 g/mol. The Kier molecular flexibility index (Phi) is 9.93. The molecule has 1 aliphatic carbocycles. The summed E-state index contributed by atoms with van der Waals surface area (Å²) >= 11 is 0. The van der Waals surface area contributed by atoms with Crippen LogP contribution in [0.5, 0.6) is 0 Å². The summed E-state index contributed by atoms with van der Waals surface area (Å²) in [5.74, 6) is 0.898. The fourth-order valence-corrected chi connectivity index (χ4v) is 3.20. The Bertz CT molecular complexity index is 543. The van der Waals surface area contributed by atoms with Crippen LogP contribution in [0.2, 0.25) is 0 Å². The number of guanidine groups is 1. The van der Waals surface area contributed by atoms with E-state index in [1.54, 1.807) is 0 Å². The summed E-state index contributed by atoms with van der Waals surface area (Å²) in [4.78, 5) is 4.72. The highest BCUT2D eigenvalue weighted by Gasteiger charge is 2.19. The predicted molar refractivity (Wildman–Crippen MR) is 122 cm³/mol.